The molecule has 1 heterocycles. The van der Waals surface area contributed by atoms with E-state index >= 15 is 0 Å². The third-order valence-corrected chi connectivity index (χ3v) is 3.03. The van der Waals surface area contributed by atoms with Gasteiger partial charge in [0.2, 0.25) is 0 Å². The second kappa shape index (κ2) is 4.37. The third-order valence-electron chi connectivity index (χ3n) is 2.47. The Morgan fingerprint density at radius 1 is 1.38 bits per heavy atom. The Kier molecular flexibility index (Phi) is 3.10. The molecule has 0 aliphatic carbocycles. The van der Waals surface area contributed by atoms with Crippen LogP contribution in [0.5, 0.6) is 0 Å². The molecule has 1 aromatic carbocycles. The minimum atomic E-state index is -0.207. The summed E-state index contributed by atoms with van der Waals surface area (Å²) >= 11 is 3.31. The normalized spacial score (nSPS) is 10.8. The summed E-state index contributed by atoms with van der Waals surface area (Å²) in [5.74, 6) is -0.207. The van der Waals surface area contributed by atoms with Crippen LogP contribution in [0, 0.1) is 19.7 Å². The maximum Gasteiger partial charge on any atom is 0.129 e. The van der Waals surface area contributed by atoms with Crippen molar-refractivity contribution in [2.75, 3.05) is 0 Å². The molecular weight excluding hydrogens is 271 g/mol. The Labute approximate surface area is 102 Å². The molecule has 2 nitrogen and oxygen atoms in total. The number of aromatic nitrogens is 2. The van der Waals surface area contributed by atoms with Crippen molar-refractivity contribution in [3.63, 3.8) is 0 Å². The van der Waals surface area contributed by atoms with Crippen molar-refractivity contribution in [1.29, 1.82) is 0 Å². The van der Waals surface area contributed by atoms with E-state index in [1.54, 1.807) is 10.7 Å². The first-order chi connectivity index (χ1) is 7.63. The molecule has 0 aliphatic rings. The number of hydrogen-bond donors (Lipinski definition) is 0. The van der Waals surface area contributed by atoms with Crippen LogP contribution in [0.1, 0.15) is 17.0 Å². The summed E-state index contributed by atoms with van der Waals surface area (Å²) in [4.78, 5) is 0. The maximum absolute atomic E-state index is 13.6. The van der Waals surface area contributed by atoms with Gasteiger partial charge in [-0.1, -0.05) is 22.0 Å². The van der Waals surface area contributed by atoms with Crippen LogP contribution in [0.25, 0.3) is 5.69 Å². The zero-order chi connectivity index (χ0) is 11.7. The molecule has 2 rings (SSSR count). The highest BCUT2D eigenvalue weighted by molar-refractivity contribution is 9.08. The fourth-order valence-electron chi connectivity index (χ4n) is 1.75. The summed E-state index contributed by atoms with van der Waals surface area (Å²) in [6.45, 7) is 3.89. The zero-order valence-electron chi connectivity index (χ0n) is 9.17. The highest BCUT2D eigenvalue weighted by atomic mass is 79.9. The van der Waals surface area contributed by atoms with Gasteiger partial charge in [0.1, 0.15) is 5.82 Å². The van der Waals surface area contributed by atoms with Crippen molar-refractivity contribution in [2.45, 2.75) is 19.2 Å². The molecule has 2 aromatic rings. The van der Waals surface area contributed by atoms with Crippen LogP contribution in [0.15, 0.2) is 24.3 Å². The number of aryl methyl sites for hydroxylation is 2. The van der Waals surface area contributed by atoms with E-state index in [1.165, 1.54) is 6.07 Å². The molecule has 4 heteroatoms. The van der Waals surface area contributed by atoms with Crippen molar-refractivity contribution >= 4 is 15.9 Å². The lowest BCUT2D eigenvalue weighted by Crippen LogP contribution is -2.04. The van der Waals surface area contributed by atoms with Crippen molar-refractivity contribution in [3.05, 3.63) is 47.0 Å². The van der Waals surface area contributed by atoms with Gasteiger partial charge in [-0.05, 0) is 32.0 Å². The lowest BCUT2D eigenvalue weighted by molar-refractivity contribution is 0.614. The van der Waals surface area contributed by atoms with E-state index in [4.69, 9.17) is 0 Å². The van der Waals surface area contributed by atoms with E-state index in [1.807, 2.05) is 26.0 Å². The van der Waals surface area contributed by atoms with Crippen LogP contribution in [-0.4, -0.2) is 9.78 Å². The van der Waals surface area contributed by atoms with Crippen LogP contribution in [-0.2, 0) is 5.33 Å². The van der Waals surface area contributed by atoms with Gasteiger partial charge in [-0.25, -0.2) is 9.07 Å². The summed E-state index contributed by atoms with van der Waals surface area (Å²) in [5, 5.41) is 4.84. The third kappa shape index (κ3) is 1.89. The number of rotatable bonds is 2. The maximum atomic E-state index is 13.6. The Hall–Kier alpha value is -1.16. The largest absolute Gasteiger partial charge is 0.237 e. The molecule has 0 unspecified atom stereocenters. The Balaban J connectivity index is 2.64. The van der Waals surface area contributed by atoms with Crippen LogP contribution < -0.4 is 0 Å². The number of nitrogens with zero attached hydrogens (tertiary/aromatic N) is 2. The Bertz CT molecular complexity index is 520. The van der Waals surface area contributed by atoms with Crippen molar-refractivity contribution in [1.82, 2.24) is 9.78 Å². The van der Waals surface area contributed by atoms with Gasteiger partial charge in [-0.15, -0.1) is 0 Å². The van der Waals surface area contributed by atoms with E-state index in [9.17, 15) is 4.39 Å². The molecular formula is C12H12BrFN2. The smallest absolute Gasteiger partial charge is 0.129 e. The van der Waals surface area contributed by atoms with Gasteiger partial charge < -0.3 is 0 Å². The van der Waals surface area contributed by atoms with Gasteiger partial charge in [0.25, 0.3) is 0 Å². The van der Waals surface area contributed by atoms with E-state index in [-0.39, 0.29) is 5.82 Å². The van der Waals surface area contributed by atoms with Crippen LogP contribution in [0.4, 0.5) is 4.39 Å². The average Bonchev–Trinajstić information content (AvgIpc) is 2.57. The minimum absolute atomic E-state index is 0.207. The van der Waals surface area contributed by atoms with Gasteiger partial charge in [0.15, 0.2) is 0 Å². The Morgan fingerprint density at radius 2 is 2.12 bits per heavy atom. The molecule has 0 aliphatic heterocycles. The minimum Gasteiger partial charge on any atom is -0.237 e. The summed E-state index contributed by atoms with van der Waals surface area (Å²) in [6.07, 6.45) is 0. The molecule has 0 saturated carbocycles. The van der Waals surface area contributed by atoms with Crippen LogP contribution in [0.2, 0.25) is 0 Å². The van der Waals surface area contributed by atoms with E-state index in [0.29, 0.717) is 10.9 Å². The second-order valence-corrected chi connectivity index (χ2v) is 4.27. The molecule has 0 amide bonds. The van der Waals surface area contributed by atoms with Gasteiger partial charge in [-0.3, -0.25) is 0 Å². The van der Waals surface area contributed by atoms with Crippen molar-refractivity contribution in [2.24, 2.45) is 0 Å². The van der Waals surface area contributed by atoms with Crippen LogP contribution >= 0.6 is 15.9 Å². The van der Waals surface area contributed by atoms with E-state index in [2.05, 4.69) is 21.0 Å². The van der Waals surface area contributed by atoms with Crippen molar-refractivity contribution in [3.8, 4) is 5.69 Å². The molecule has 0 bridgehead atoms. The highest BCUT2D eigenvalue weighted by Crippen LogP contribution is 2.21. The molecule has 84 valence electrons. The second-order valence-electron chi connectivity index (χ2n) is 3.71. The lowest BCUT2D eigenvalue weighted by Gasteiger charge is -2.09. The van der Waals surface area contributed by atoms with Crippen molar-refractivity contribution < 1.29 is 4.39 Å². The number of halogens is 2. The number of alkyl halides is 1. The molecule has 16 heavy (non-hydrogen) atoms. The summed E-state index contributed by atoms with van der Waals surface area (Å²) in [6, 6.07) is 7.01. The fraction of sp³-hybridized carbons (Fsp3) is 0.250. The SMILES string of the molecule is Cc1cc(C)n(-c2cccc(F)c2CBr)n1. The molecule has 0 N–H and O–H groups in total. The summed E-state index contributed by atoms with van der Waals surface area (Å²) in [5.41, 5.74) is 3.36. The quantitative estimate of drug-likeness (QED) is 0.771. The van der Waals surface area contributed by atoms with Gasteiger partial charge in [0, 0.05) is 16.6 Å². The lowest BCUT2D eigenvalue weighted by atomic mass is 10.2. The monoisotopic (exact) mass is 282 g/mol. The topological polar surface area (TPSA) is 17.8 Å². The predicted molar refractivity (Wildman–Crippen MR) is 65.6 cm³/mol. The zero-order valence-corrected chi connectivity index (χ0v) is 10.8. The molecule has 0 fully saturated rings. The summed E-state index contributed by atoms with van der Waals surface area (Å²) in [7, 11) is 0. The van der Waals surface area contributed by atoms with Crippen LogP contribution in [0.3, 0.4) is 0 Å². The average molecular weight is 283 g/mol. The van der Waals surface area contributed by atoms with E-state index in [0.717, 1.165) is 17.1 Å². The molecule has 1 aromatic heterocycles. The molecule has 0 radical (unpaired) electrons. The first kappa shape index (κ1) is 11.3. The first-order valence-corrected chi connectivity index (χ1v) is 6.12. The van der Waals surface area contributed by atoms with Gasteiger partial charge in [-0.2, -0.15) is 5.10 Å². The Morgan fingerprint density at radius 3 is 2.69 bits per heavy atom. The molecule has 0 saturated heterocycles. The standard InChI is InChI=1S/C12H12BrFN2/c1-8-6-9(2)16(15-8)12-5-3-4-11(14)10(12)7-13/h3-6H,7H2,1-2H3. The fourth-order valence-corrected chi connectivity index (χ4v) is 2.31. The molecule has 0 spiro atoms. The van der Waals surface area contributed by atoms with Gasteiger partial charge in [0.05, 0.1) is 11.4 Å². The highest BCUT2D eigenvalue weighted by Gasteiger charge is 2.11. The molecule has 0 atom stereocenters. The summed E-state index contributed by atoms with van der Waals surface area (Å²) < 4.78 is 15.4. The van der Waals surface area contributed by atoms with E-state index < -0.39 is 0 Å². The number of hydrogen-bond acceptors (Lipinski definition) is 1. The predicted octanol–water partition coefficient (Wildman–Crippen LogP) is 3.52. The van der Waals surface area contributed by atoms with Gasteiger partial charge >= 0.3 is 0 Å². The first-order valence-electron chi connectivity index (χ1n) is 5.00. The number of benzene rings is 1.